The molecule has 4 aromatic heterocycles. The molecular formula is C26H18N4. The lowest BCUT2D eigenvalue weighted by Crippen LogP contribution is -1.96. The third kappa shape index (κ3) is 3.47. The average Bonchev–Trinajstić information content (AvgIpc) is 2.85. The molecule has 0 aliphatic heterocycles. The van der Waals surface area contributed by atoms with E-state index in [-0.39, 0.29) is 0 Å². The molecule has 4 heteroatoms. The summed E-state index contributed by atoms with van der Waals surface area (Å²) >= 11 is 0. The van der Waals surface area contributed by atoms with Crippen molar-refractivity contribution in [2.45, 2.75) is 0 Å². The van der Waals surface area contributed by atoms with Gasteiger partial charge in [-0.15, -0.1) is 0 Å². The minimum atomic E-state index is 0.892. The molecule has 0 unspecified atom stereocenters. The molecule has 0 radical (unpaired) electrons. The van der Waals surface area contributed by atoms with Crippen LogP contribution in [0.15, 0.2) is 110 Å². The number of benzene rings is 1. The normalized spacial score (nSPS) is 10.7. The monoisotopic (exact) mass is 386 g/mol. The van der Waals surface area contributed by atoms with Crippen molar-refractivity contribution in [1.29, 1.82) is 0 Å². The molecule has 0 saturated carbocycles. The summed E-state index contributed by atoms with van der Waals surface area (Å²) < 4.78 is 0. The van der Waals surface area contributed by atoms with Gasteiger partial charge in [-0.2, -0.15) is 0 Å². The van der Waals surface area contributed by atoms with Crippen LogP contribution in [0.3, 0.4) is 0 Å². The maximum absolute atomic E-state index is 4.61. The Morgan fingerprint density at radius 3 is 0.800 bits per heavy atom. The fraction of sp³-hybridized carbons (Fsp3) is 0. The maximum atomic E-state index is 4.61. The zero-order chi connectivity index (χ0) is 20.2. The van der Waals surface area contributed by atoms with Crippen molar-refractivity contribution in [1.82, 2.24) is 19.9 Å². The summed E-state index contributed by atoms with van der Waals surface area (Å²) in [5, 5.41) is 0. The molecule has 0 N–H and O–H groups in total. The molecule has 0 atom stereocenters. The third-order valence-electron chi connectivity index (χ3n) is 4.92. The SMILES string of the molecule is c1ccc(-c2cc(-c3ccccn3)c(-c3ccccn3)cc2-c2ccccn2)nc1. The lowest BCUT2D eigenvalue weighted by molar-refractivity contribution is 1.28. The third-order valence-corrected chi connectivity index (χ3v) is 4.92. The van der Waals surface area contributed by atoms with E-state index in [0.29, 0.717) is 0 Å². The van der Waals surface area contributed by atoms with Crippen molar-refractivity contribution in [3.05, 3.63) is 110 Å². The molecule has 0 aliphatic carbocycles. The number of hydrogen-bond acceptors (Lipinski definition) is 4. The van der Waals surface area contributed by atoms with Crippen molar-refractivity contribution in [2.75, 3.05) is 0 Å². The standard InChI is InChI=1S/C26H18N4/c1-5-13-27-23(9-1)19-17-21(25-11-3-7-15-29-25)22(26-12-4-8-16-30-26)18-20(19)24-10-2-6-14-28-24/h1-18H. The van der Waals surface area contributed by atoms with Gasteiger partial charge in [0.2, 0.25) is 0 Å². The maximum Gasteiger partial charge on any atom is 0.0708 e. The second-order valence-electron chi connectivity index (χ2n) is 6.80. The molecule has 30 heavy (non-hydrogen) atoms. The van der Waals surface area contributed by atoms with Crippen LogP contribution in [0.4, 0.5) is 0 Å². The molecular weight excluding hydrogens is 368 g/mol. The van der Waals surface area contributed by atoms with Gasteiger partial charge >= 0.3 is 0 Å². The minimum absolute atomic E-state index is 0.892. The van der Waals surface area contributed by atoms with Crippen molar-refractivity contribution < 1.29 is 0 Å². The highest BCUT2D eigenvalue weighted by Gasteiger charge is 2.18. The van der Waals surface area contributed by atoms with E-state index in [4.69, 9.17) is 0 Å². The Bertz CT molecular complexity index is 1060. The highest BCUT2D eigenvalue weighted by Crippen LogP contribution is 2.39. The number of nitrogens with zero attached hydrogens (tertiary/aromatic N) is 4. The van der Waals surface area contributed by atoms with Crippen LogP contribution < -0.4 is 0 Å². The Balaban J connectivity index is 1.85. The second kappa shape index (κ2) is 8.05. The molecule has 0 spiro atoms. The van der Waals surface area contributed by atoms with Gasteiger partial charge in [-0.3, -0.25) is 19.9 Å². The summed E-state index contributed by atoms with van der Waals surface area (Å²) in [6, 6.07) is 28.1. The van der Waals surface area contributed by atoms with Gasteiger partial charge in [-0.05, 0) is 60.7 Å². The minimum Gasteiger partial charge on any atom is -0.256 e. The van der Waals surface area contributed by atoms with Crippen LogP contribution in [0.25, 0.3) is 45.0 Å². The Hall–Kier alpha value is -4.18. The summed E-state index contributed by atoms with van der Waals surface area (Å²) in [6.07, 6.45) is 7.24. The molecule has 0 bridgehead atoms. The number of aromatic nitrogens is 4. The van der Waals surface area contributed by atoms with Crippen LogP contribution in [0, 0.1) is 0 Å². The van der Waals surface area contributed by atoms with Crippen molar-refractivity contribution in [3.63, 3.8) is 0 Å². The highest BCUT2D eigenvalue weighted by molar-refractivity contribution is 5.92. The molecule has 5 aromatic rings. The van der Waals surface area contributed by atoms with Crippen LogP contribution in [0.5, 0.6) is 0 Å². The van der Waals surface area contributed by atoms with Crippen LogP contribution in [0.2, 0.25) is 0 Å². The summed E-state index contributed by atoms with van der Waals surface area (Å²) in [5.74, 6) is 0. The first-order valence-electron chi connectivity index (χ1n) is 9.74. The van der Waals surface area contributed by atoms with Crippen LogP contribution in [0.1, 0.15) is 0 Å². The lowest BCUT2D eigenvalue weighted by atomic mass is 9.91. The van der Waals surface area contributed by atoms with E-state index in [9.17, 15) is 0 Å². The molecule has 5 rings (SSSR count). The van der Waals surface area contributed by atoms with E-state index < -0.39 is 0 Å². The van der Waals surface area contributed by atoms with E-state index in [2.05, 4.69) is 32.1 Å². The summed E-state index contributed by atoms with van der Waals surface area (Å²) in [7, 11) is 0. The molecule has 142 valence electrons. The predicted molar refractivity (Wildman–Crippen MR) is 119 cm³/mol. The predicted octanol–water partition coefficient (Wildman–Crippen LogP) is 5.93. The van der Waals surface area contributed by atoms with Gasteiger partial charge in [0.05, 0.1) is 22.8 Å². The molecule has 0 aliphatic rings. The average molecular weight is 386 g/mol. The van der Waals surface area contributed by atoms with Crippen molar-refractivity contribution in [2.24, 2.45) is 0 Å². The van der Waals surface area contributed by atoms with Gasteiger partial charge in [0.1, 0.15) is 0 Å². The smallest absolute Gasteiger partial charge is 0.0708 e. The van der Waals surface area contributed by atoms with Crippen molar-refractivity contribution in [3.8, 4) is 45.0 Å². The van der Waals surface area contributed by atoms with E-state index in [1.54, 1.807) is 0 Å². The molecule has 1 aromatic carbocycles. The fourth-order valence-electron chi connectivity index (χ4n) is 3.54. The quantitative estimate of drug-likeness (QED) is 0.384. The summed E-state index contributed by atoms with van der Waals surface area (Å²) in [4.78, 5) is 18.4. The van der Waals surface area contributed by atoms with Gasteiger partial charge < -0.3 is 0 Å². The summed E-state index contributed by atoms with van der Waals surface area (Å²) in [6.45, 7) is 0. The molecule has 0 fully saturated rings. The van der Waals surface area contributed by atoms with Gasteiger partial charge in [0.25, 0.3) is 0 Å². The van der Waals surface area contributed by atoms with Crippen molar-refractivity contribution >= 4 is 0 Å². The van der Waals surface area contributed by atoms with E-state index >= 15 is 0 Å². The Labute approximate surface area is 175 Å². The zero-order valence-corrected chi connectivity index (χ0v) is 16.2. The van der Waals surface area contributed by atoms with E-state index in [1.165, 1.54) is 0 Å². The van der Waals surface area contributed by atoms with Gasteiger partial charge in [-0.1, -0.05) is 24.3 Å². The number of rotatable bonds is 4. The van der Waals surface area contributed by atoms with Crippen LogP contribution in [-0.2, 0) is 0 Å². The Morgan fingerprint density at radius 2 is 0.600 bits per heavy atom. The number of hydrogen-bond donors (Lipinski definition) is 0. The van der Waals surface area contributed by atoms with Gasteiger partial charge in [-0.25, -0.2) is 0 Å². The fourth-order valence-corrected chi connectivity index (χ4v) is 3.54. The highest BCUT2D eigenvalue weighted by atomic mass is 14.7. The topological polar surface area (TPSA) is 51.6 Å². The first-order valence-corrected chi connectivity index (χ1v) is 9.74. The summed E-state index contributed by atoms with van der Waals surface area (Å²) in [5.41, 5.74) is 7.60. The Kier molecular flexibility index (Phi) is 4.80. The zero-order valence-electron chi connectivity index (χ0n) is 16.2. The molecule has 0 amide bonds. The van der Waals surface area contributed by atoms with Gasteiger partial charge in [0, 0.05) is 47.0 Å². The van der Waals surface area contributed by atoms with E-state index in [1.807, 2.05) is 97.6 Å². The Morgan fingerprint density at radius 1 is 0.333 bits per heavy atom. The largest absolute Gasteiger partial charge is 0.256 e. The second-order valence-corrected chi connectivity index (χ2v) is 6.80. The molecule has 4 nitrogen and oxygen atoms in total. The molecule has 4 heterocycles. The van der Waals surface area contributed by atoms with Crippen LogP contribution in [-0.4, -0.2) is 19.9 Å². The van der Waals surface area contributed by atoms with Crippen LogP contribution >= 0.6 is 0 Å². The van der Waals surface area contributed by atoms with E-state index in [0.717, 1.165) is 45.0 Å². The first-order chi connectivity index (χ1) is 14.9. The number of pyridine rings is 4. The first kappa shape index (κ1) is 17.9. The lowest BCUT2D eigenvalue weighted by Gasteiger charge is -2.16. The van der Waals surface area contributed by atoms with Gasteiger partial charge in [0.15, 0.2) is 0 Å². The molecule has 0 saturated heterocycles.